The second kappa shape index (κ2) is 13.8. The van der Waals surface area contributed by atoms with Gasteiger partial charge in [0.25, 0.3) is 5.91 Å². The summed E-state index contributed by atoms with van der Waals surface area (Å²) in [5, 5.41) is 31.8. The molecular formula is C25H38BrN5O7. The minimum absolute atomic E-state index is 0.210. The van der Waals surface area contributed by atoms with Crippen molar-refractivity contribution in [3.8, 4) is 0 Å². The predicted molar refractivity (Wildman–Crippen MR) is 145 cm³/mol. The zero-order valence-electron chi connectivity index (χ0n) is 21.8. The second-order valence-electron chi connectivity index (χ2n) is 10.00. The lowest BCUT2D eigenvalue weighted by atomic mass is 10.1. The number of nitrogens with one attached hydrogen (secondary N) is 1. The molecule has 1 aliphatic carbocycles. The summed E-state index contributed by atoms with van der Waals surface area (Å²) >= 11 is 3.50. The van der Waals surface area contributed by atoms with E-state index in [1.165, 1.54) is 13.8 Å². The molecule has 0 aromatic carbocycles. The Morgan fingerprint density at radius 2 is 2.18 bits per heavy atom. The Kier molecular flexibility index (Phi) is 11.0. The largest absolute Gasteiger partial charge is 0.480 e. The number of carbonyl (C=O) groups excluding carboxylic acids is 1. The van der Waals surface area contributed by atoms with Crippen molar-refractivity contribution in [1.29, 1.82) is 0 Å². The van der Waals surface area contributed by atoms with Crippen LogP contribution in [0.15, 0.2) is 33.8 Å². The summed E-state index contributed by atoms with van der Waals surface area (Å²) in [6.45, 7) is 3.60. The number of allylic oxidation sites excluding steroid dienone is 2. The van der Waals surface area contributed by atoms with Gasteiger partial charge in [-0.1, -0.05) is 34.2 Å². The molecule has 3 rings (SSSR count). The Morgan fingerprint density at radius 3 is 2.82 bits per heavy atom. The summed E-state index contributed by atoms with van der Waals surface area (Å²) in [6.07, 6.45) is 6.97. The number of carboxylic acids is 1. The van der Waals surface area contributed by atoms with E-state index in [4.69, 9.17) is 20.3 Å². The first-order valence-corrected chi connectivity index (χ1v) is 13.8. The zero-order valence-corrected chi connectivity index (χ0v) is 23.3. The van der Waals surface area contributed by atoms with Crippen LogP contribution in [0.3, 0.4) is 0 Å². The fourth-order valence-corrected chi connectivity index (χ4v) is 4.69. The van der Waals surface area contributed by atoms with Crippen molar-refractivity contribution in [2.75, 3.05) is 19.7 Å². The quantitative estimate of drug-likeness (QED) is 0.132. The number of aliphatic carboxylic acids is 1. The maximum atomic E-state index is 12.8. The highest BCUT2D eigenvalue weighted by Crippen LogP contribution is 2.30. The number of aliphatic hydroxyl groups excluding tert-OH is 1. The lowest BCUT2D eigenvalue weighted by Gasteiger charge is -2.33. The number of hydrogen-bond donors (Lipinski definition) is 5. The molecule has 6 N–H and O–H groups in total. The Labute approximate surface area is 230 Å². The predicted octanol–water partition coefficient (Wildman–Crippen LogP) is 1.02. The van der Waals surface area contributed by atoms with Crippen LogP contribution in [-0.4, -0.2) is 98.7 Å². The lowest BCUT2D eigenvalue weighted by molar-refractivity contribution is -0.217. The summed E-state index contributed by atoms with van der Waals surface area (Å²) in [5.41, 5.74) is 6.14. The van der Waals surface area contributed by atoms with E-state index in [0.717, 1.165) is 6.42 Å². The van der Waals surface area contributed by atoms with Crippen LogP contribution in [0.2, 0.25) is 0 Å². The van der Waals surface area contributed by atoms with Crippen molar-refractivity contribution in [1.82, 2.24) is 10.2 Å². The minimum atomic E-state index is -1.39. The van der Waals surface area contributed by atoms with Gasteiger partial charge in [-0.3, -0.25) is 14.6 Å². The van der Waals surface area contributed by atoms with E-state index in [9.17, 15) is 19.8 Å². The molecule has 2 heterocycles. The molecule has 13 heteroatoms. The van der Waals surface area contributed by atoms with Gasteiger partial charge < -0.3 is 40.7 Å². The number of nitrogens with zero attached hydrogens (tertiary/aromatic N) is 3. The molecule has 1 fully saturated rings. The number of nitrogens with two attached hydrogens (primary N) is 1. The molecule has 0 aromatic heterocycles. The van der Waals surface area contributed by atoms with Gasteiger partial charge in [0.1, 0.15) is 24.2 Å². The van der Waals surface area contributed by atoms with Gasteiger partial charge >= 0.3 is 5.97 Å². The van der Waals surface area contributed by atoms with Crippen molar-refractivity contribution in [3.05, 3.63) is 23.8 Å². The maximum Gasteiger partial charge on any atom is 0.320 e. The van der Waals surface area contributed by atoms with Gasteiger partial charge in [0.05, 0.1) is 12.7 Å². The molecule has 1 saturated heterocycles. The molecule has 12 nitrogen and oxygen atoms in total. The van der Waals surface area contributed by atoms with E-state index >= 15 is 0 Å². The minimum Gasteiger partial charge on any atom is -0.480 e. The van der Waals surface area contributed by atoms with Crippen LogP contribution in [0.1, 0.15) is 52.4 Å². The Bertz CT molecular complexity index is 978. The third-order valence-corrected chi connectivity index (χ3v) is 6.97. The van der Waals surface area contributed by atoms with E-state index in [2.05, 4.69) is 31.2 Å². The number of aliphatic imine (C=N–C) groups is 2. The molecule has 38 heavy (non-hydrogen) atoms. The summed E-state index contributed by atoms with van der Waals surface area (Å²) in [4.78, 5) is 35.0. The number of guanidine groups is 1. The lowest BCUT2D eigenvalue weighted by Crippen LogP contribution is -2.47. The number of aliphatic hydroxyl groups is 2. The fraction of sp³-hybridized carbons (Fsp3) is 0.680. The van der Waals surface area contributed by atoms with Crippen LogP contribution in [0.4, 0.5) is 0 Å². The molecule has 2 aliphatic heterocycles. The van der Waals surface area contributed by atoms with Crippen molar-refractivity contribution >= 4 is 39.6 Å². The van der Waals surface area contributed by atoms with Crippen LogP contribution in [0, 0.1) is 0 Å². The first-order chi connectivity index (χ1) is 18.0. The summed E-state index contributed by atoms with van der Waals surface area (Å²) < 4.78 is 11.7. The number of halogens is 1. The number of carboxylic acid groups (broad SMARTS) is 1. The monoisotopic (exact) mass is 599 g/mol. The molecule has 212 valence electrons. The van der Waals surface area contributed by atoms with Gasteiger partial charge in [-0.05, 0) is 39.5 Å². The zero-order chi connectivity index (χ0) is 27.9. The molecule has 1 amide bonds. The summed E-state index contributed by atoms with van der Waals surface area (Å²) in [5.74, 6) is -1.82. The third kappa shape index (κ3) is 8.95. The Balaban J connectivity index is 1.72. The fourth-order valence-electron chi connectivity index (χ4n) is 4.35. The Hall–Kier alpha value is -2.16. The van der Waals surface area contributed by atoms with Crippen molar-refractivity contribution in [3.63, 3.8) is 0 Å². The second-order valence-corrected chi connectivity index (χ2v) is 11.2. The molecule has 0 radical (unpaired) electrons. The first kappa shape index (κ1) is 30.4. The highest BCUT2D eigenvalue weighted by molar-refractivity contribution is 9.09. The number of carbonyl (C=O) groups is 2. The highest BCUT2D eigenvalue weighted by Gasteiger charge is 2.42. The van der Waals surface area contributed by atoms with E-state index < -0.39 is 36.2 Å². The van der Waals surface area contributed by atoms with E-state index in [0.29, 0.717) is 62.6 Å². The summed E-state index contributed by atoms with van der Waals surface area (Å²) in [6, 6.07) is -0.911. The van der Waals surface area contributed by atoms with Crippen LogP contribution in [0.5, 0.6) is 0 Å². The van der Waals surface area contributed by atoms with E-state index in [1.807, 2.05) is 17.1 Å². The summed E-state index contributed by atoms with van der Waals surface area (Å²) in [7, 11) is 0. The Morgan fingerprint density at radius 1 is 1.42 bits per heavy atom. The number of rotatable bonds is 11. The maximum absolute atomic E-state index is 12.8. The number of hydrogen-bond acceptors (Lipinski definition) is 8. The number of ether oxygens (including phenoxy) is 2. The number of amidine groups is 1. The normalized spacial score (nSPS) is 27.7. The average molecular weight is 601 g/mol. The SMILES string of the molecule is CC(C)(O)OC1C[C@H](N2CCC(NC(=O)C3=CCC(Br)C=C3)=NC2=NCCCC[C@H](N)C(=O)O)O[C@@H]1CO. The van der Waals surface area contributed by atoms with Gasteiger partial charge in [0.2, 0.25) is 5.96 Å². The number of unbranched alkanes of at least 4 members (excludes halogenated alkanes) is 1. The van der Waals surface area contributed by atoms with Gasteiger partial charge in [-0.25, -0.2) is 0 Å². The molecule has 5 atom stereocenters. The topological polar surface area (TPSA) is 179 Å². The van der Waals surface area contributed by atoms with E-state index in [-0.39, 0.29) is 17.3 Å². The van der Waals surface area contributed by atoms with Crippen LogP contribution >= 0.6 is 15.9 Å². The average Bonchev–Trinajstić information content (AvgIpc) is 3.24. The molecular weight excluding hydrogens is 562 g/mol. The van der Waals surface area contributed by atoms with Gasteiger partial charge in [-0.2, -0.15) is 4.99 Å². The van der Waals surface area contributed by atoms with Crippen LogP contribution in [-0.2, 0) is 19.1 Å². The van der Waals surface area contributed by atoms with Crippen LogP contribution < -0.4 is 11.1 Å². The number of amides is 1. The van der Waals surface area contributed by atoms with Crippen molar-refractivity contribution < 1.29 is 34.4 Å². The van der Waals surface area contributed by atoms with Crippen molar-refractivity contribution in [2.45, 2.75) is 87.5 Å². The van der Waals surface area contributed by atoms with E-state index in [1.54, 1.807) is 6.08 Å². The molecule has 0 bridgehead atoms. The standard InChI is InChI=1S/C25H38BrN5O7/c1-25(2,36)38-18-13-21(37-19(18)14-32)31-12-10-20(29-22(33)15-6-8-16(26)9-7-15)30-24(31)28-11-4-3-5-17(27)23(34)35/h6-8,16-19,21,32,36H,3-5,9-14,27H2,1-2H3,(H,34,35)(H,28,29,30,33)/t16?,17-,18?,19+,21+/m0/s1. The molecule has 3 aliphatic rings. The first-order valence-electron chi connectivity index (χ1n) is 12.8. The van der Waals surface area contributed by atoms with Gasteiger partial charge in [0, 0.05) is 36.3 Å². The smallest absolute Gasteiger partial charge is 0.320 e. The molecule has 0 spiro atoms. The van der Waals surface area contributed by atoms with Gasteiger partial charge in [0.15, 0.2) is 5.79 Å². The molecule has 0 aromatic rings. The highest BCUT2D eigenvalue weighted by atomic mass is 79.9. The molecule has 2 unspecified atom stereocenters. The molecule has 0 saturated carbocycles. The van der Waals surface area contributed by atoms with Crippen molar-refractivity contribution in [2.24, 2.45) is 15.7 Å². The van der Waals surface area contributed by atoms with Gasteiger partial charge in [-0.15, -0.1) is 0 Å². The number of alkyl halides is 1. The third-order valence-electron chi connectivity index (χ3n) is 6.29. The van der Waals surface area contributed by atoms with Crippen LogP contribution in [0.25, 0.3) is 0 Å².